The number of hydrogen-bond donors (Lipinski definition) is 3. The average Bonchev–Trinajstić information content (AvgIpc) is 1.82. The quantitative estimate of drug-likeness (QED) is 0.367. The Morgan fingerprint density at radius 1 is 1.36 bits per heavy atom. The van der Waals surface area contributed by atoms with E-state index in [1.807, 2.05) is 0 Å². The lowest BCUT2D eigenvalue weighted by atomic mass is 10.3. The highest BCUT2D eigenvalue weighted by Gasteiger charge is 2.16. The molecule has 0 fully saturated rings. The summed E-state index contributed by atoms with van der Waals surface area (Å²) >= 11 is 3.60. The van der Waals surface area contributed by atoms with Crippen molar-refractivity contribution in [1.29, 1.82) is 0 Å². The van der Waals surface area contributed by atoms with Crippen molar-refractivity contribution in [1.82, 2.24) is 0 Å². The lowest BCUT2D eigenvalue weighted by Crippen LogP contribution is -2.34. The molecule has 5 nitrogen and oxygen atoms in total. The Labute approximate surface area is 70.2 Å². The van der Waals surface area contributed by atoms with Crippen LogP contribution < -0.4 is 0 Å². The number of hydrogen-bond acceptors (Lipinski definition) is 6. The van der Waals surface area contributed by atoms with Gasteiger partial charge in [0.15, 0.2) is 0 Å². The Balaban J connectivity index is 3.98. The lowest BCUT2D eigenvalue weighted by Gasteiger charge is -2.17. The summed E-state index contributed by atoms with van der Waals surface area (Å²) in [7, 11) is -4.47. The van der Waals surface area contributed by atoms with Crippen LogP contribution in [0.3, 0.4) is 0 Å². The highest BCUT2D eigenvalue weighted by atomic mass is 32.2. The van der Waals surface area contributed by atoms with Gasteiger partial charge in [0.05, 0.1) is 28.1 Å². The molecule has 0 aromatic heterocycles. The van der Waals surface area contributed by atoms with Crippen LogP contribution in [0.25, 0.3) is 0 Å². The van der Waals surface area contributed by atoms with Gasteiger partial charge in [-0.25, -0.2) is 8.42 Å². The van der Waals surface area contributed by atoms with Crippen LogP contribution in [0.1, 0.15) is 0 Å². The molecule has 0 amide bonds. The van der Waals surface area contributed by atoms with Crippen LogP contribution in [-0.4, -0.2) is 46.9 Å². The molecule has 0 aromatic carbocycles. The SMILES string of the molecule is O=S(=O)([O-])C[C@@H](O)[C@H](O)CS. The largest absolute Gasteiger partial charge is 0.748 e. The summed E-state index contributed by atoms with van der Waals surface area (Å²) in [6, 6.07) is 0. The zero-order valence-electron chi connectivity index (χ0n) is 5.54. The van der Waals surface area contributed by atoms with Gasteiger partial charge < -0.3 is 14.8 Å². The van der Waals surface area contributed by atoms with E-state index in [0.29, 0.717) is 0 Å². The van der Waals surface area contributed by atoms with Crippen LogP contribution in [0.5, 0.6) is 0 Å². The molecule has 0 radical (unpaired) electrons. The molecule has 2 N–H and O–H groups in total. The van der Waals surface area contributed by atoms with E-state index in [-0.39, 0.29) is 5.75 Å². The minimum atomic E-state index is -4.47. The van der Waals surface area contributed by atoms with Crippen LogP contribution in [0.4, 0.5) is 0 Å². The third-order valence-corrected chi connectivity index (χ3v) is 2.13. The van der Waals surface area contributed by atoms with Crippen molar-refractivity contribution in [3.05, 3.63) is 0 Å². The van der Waals surface area contributed by atoms with E-state index in [2.05, 4.69) is 12.6 Å². The fourth-order valence-electron chi connectivity index (χ4n) is 0.442. The van der Waals surface area contributed by atoms with Crippen molar-refractivity contribution in [3.63, 3.8) is 0 Å². The fourth-order valence-corrected chi connectivity index (χ4v) is 1.33. The predicted octanol–water partition coefficient (Wildman–Crippen LogP) is -1.82. The van der Waals surface area contributed by atoms with Crippen LogP contribution in [-0.2, 0) is 10.1 Å². The van der Waals surface area contributed by atoms with Crippen LogP contribution in [0, 0.1) is 0 Å². The van der Waals surface area contributed by atoms with E-state index >= 15 is 0 Å². The van der Waals surface area contributed by atoms with Gasteiger partial charge in [0.2, 0.25) is 0 Å². The van der Waals surface area contributed by atoms with Crippen molar-refractivity contribution >= 4 is 22.7 Å². The predicted molar refractivity (Wildman–Crippen MR) is 40.4 cm³/mol. The normalized spacial score (nSPS) is 17.8. The number of aliphatic hydroxyl groups excluding tert-OH is 2. The van der Waals surface area contributed by atoms with Crippen molar-refractivity contribution in [3.8, 4) is 0 Å². The standard InChI is InChI=1S/C4H10O5S2/c5-3(1-10)4(6)2-11(7,8)9/h3-6,10H,1-2H2,(H,7,8,9)/p-1/t3-,4-/m1/s1. The maximum Gasteiger partial charge on any atom is 0.0972 e. The minimum Gasteiger partial charge on any atom is -0.748 e. The highest BCUT2D eigenvalue weighted by molar-refractivity contribution is 7.85. The van der Waals surface area contributed by atoms with E-state index in [4.69, 9.17) is 10.2 Å². The van der Waals surface area contributed by atoms with Gasteiger partial charge in [-0.3, -0.25) is 0 Å². The molecule has 68 valence electrons. The first-order valence-electron chi connectivity index (χ1n) is 2.77. The van der Waals surface area contributed by atoms with E-state index < -0.39 is 28.1 Å². The van der Waals surface area contributed by atoms with E-state index in [1.54, 1.807) is 0 Å². The molecule has 0 heterocycles. The zero-order valence-corrected chi connectivity index (χ0v) is 7.25. The third kappa shape index (κ3) is 5.45. The van der Waals surface area contributed by atoms with Gasteiger partial charge in [0, 0.05) is 5.75 Å². The molecule has 0 aromatic rings. The Bertz CT molecular complexity index is 199. The summed E-state index contributed by atoms with van der Waals surface area (Å²) < 4.78 is 30.0. The van der Waals surface area contributed by atoms with Crippen molar-refractivity contribution in [2.75, 3.05) is 11.5 Å². The second-order valence-electron chi connectivity index (χ2n) is 2.04. The van der Waals surface area contributed by atoms with E-state index in [9.17, 15) is 13.0 Å². The summed E-state index contributed by atoms with van der Waals surface area (Å²) in [5, 5.41) is 17.5. The molecule has 0 rings (SSSR count). The number of aliphatic hydroxyl groups is 2. The zero-order chi connectivity index (χ0) is 9.07. The minimum absolute atomic E-state index is 0.0866. The summed E-state index contributed by atoms with van der Waals surface area (Å²) in [5.41, 5.74) is 0. The molecule has 11 heavy (non-hydrogen) atoms. The maximum absolute atomic E-state index is 10.0. The molecule has 2 atom stereocenters. The second kappa shape index (κ2) is 4.27. The van der Waals surface area contributed by atoms with Gasteiger partial charge >= 0.3 is 0 Å². The molecule has 0 aliphatic rings. The maximum atomic E-state index is 10.0. The van der Waals surface area contributed by atoms with Gasteiger partial charge in [0.1, 0.15) is 0 Å². The molecule has 0 saturated heterocycles. The number of rotatable bonds is 4. The summed E-state index contributed by atoms with van der Waals surface area (Å²) in [6.07, 6.45) is -2.82. The smallest absolute Gasteiger partial charge is 0.0972 e. The average molecular weight is 201 g/mol. The van der Waals surface area contributed by atoms with Gasteiger partial charge in [-0.1, -0.05) is 0 Å². The first kappa shape index (κ1) is 11.2. The molecule has 7 heteroatoms. The number of thiol groups is 1. The molecule has 0 unspecified atom stereocenters. The summed E-state index contributed by atoms with van der Waals surface area (Å²) in [6.45, 7) is 0. The van der Waals surface area contributed by atoms with Gasteiger partial charge in [-0.2, -0.15) is 12.6 Å². The topological polar surface area (TPSA) is 97.7 Å². The first-order valence-corrected chi connectivity index (χ1v) is 4.98. The molecule has 0 aliphatic carbocycles. The molecule has 0 aliphatic heterocycles. The van der Waals surface area contributed by atoms with Gasteiger partial charge in [-0.05, 0) is 0 Å². The summed E-state index contributed by atoms with van der Waals surface area (Å²) in [5.74, 6) is -1.06. The lowest BCUT2D eigenvalue weighted by molar-refractivity contribution is 0.0481. The third-order valence-electron chi connectivity index (χ3n) is 1.01. The Kier molecular flexibility index (Phi) is 4.34. The van der Waals surface area contributed by atoms with Crippen LogP contribution >= 0.6 is 12.6 Å². The Morgan fingerprint density at radius 3 is 2.09 bits per heavy atom. The van der Waals surface area contributed by atoms with Crippen molar-refractivity contribution in [2.45, 2.75) is 12.2 Å². The van der Waals surface area contributed by atoms with E-state index in [1.165, 1.54) is 0 Å². The highest BCUT2D eigenvalue weighted by Crippen LogP contribution is 1.98. The van der Waals surface area contributed by atoms with Crippen LogP contribution in [0.15, 0.2) is 0 Å². The molecular weight excluding hydrogens is 192 g/mol. The Hall–Kier alpha value is 0.180. The Morgan fingerprint density at radius 2 is 1.82 bits per heavy atom. The van der Waals surface area contributed by atoms with Crippen molar-refractivity contribution < 1.29 is 23.2 Å². The molecule has 0 saturated carbocycles. The first-order chi connectivity index (χ1) is 4.87. The second-order valence-corrected chi connectivity index (χ2v) is 3.86. The van der Waals surface area contributed by atoms with Gasteiger partial charge in [-0.15, -0.1) is 0 Å². The summed E-state index contributed by atoms with van der Waals surface area (Å²) in [4.78, 5) is 0. The van der Waals surface area contributed by atoms with Crippen molar-refractivity contribution in [2.24, 2.45) is 0 Å². The molecule has 0 bridgehead atoms. The van der Waals surface area contributed by atoms with E-state index in [0.717, 1.165) is 0 Å². The molecular formula is C4H9O5S2-. The monoisotopic (exact) mass is 201 g/mol. The fraction of sp³-hybridized carbons (Fsp3) is 1.00. The van der Waals surface area contributed by atoms with Gasteiger partial charge in [0.25, 0.3) is 0 Å². The van der Waals surface area contributed by atoms with Crippen LogP contribution in [0.2, 0.25) is 0 Å². The molecule has 0 spiro atoms.